The fourth-order valence-electron chi connectivity index (χ4n) is 4.22. The molecule has 1 aromatic heterocycles. The van der Waals surface area contributed by atoms with Crippen molar-refractivity contribution >= 4 is 11.8 Å². The van der Waals surface area contributed by atoms with Gasteiger partial charge in [-0.25, -0.2) is 4.79 Å². The number of para-hydroxylation sites is 2. The average Bonchev–Trinajstić information content (AvgIpc) is 3.15. The lowest BCUT2D eigenvalue weighted by atomic mass is 10.1. The summed E-state index contributed by atoms with van der Waals surface area (Å²) in [4.78, 5) is 25.6. The molecule has 1 unspecified atom stereocenters. The Morgan fingerprint density at radius 3 is 2.31 bits per heavy atom. The Labute approximate surface area is 204 Å². The van der Waals surface area contributed by atoms with E-state index >= 15 is 0 Å². The highest BCUT2D eigenvalue weighted by Gasteiger charge is 2.24. The number of ether oxygens (including phenoxy) is 5. The Morgan fingerprint density at radius 2 is 1.66 bits per heavy atom. The number of aryl methyl sites for hydroxylation is 1. The number of hydrogen-bond acceptors (Lipinski definition) is 7. The molecule has 8 nitrogen and oxygen atoms in total. The first-order chi connectivity index (χ1) is 16.8. The zero-order chi connectivity index (χ0) is 25.1. The van der Waals surface area contributed by atoms with E-state index in [1.165, 1.54) is 14.2 Å². The smallest absolute Gasteiger partial charge is 0.338 e. The van der Waals surface area contributed by atoms with Crippen LogP contribution in [0.4, 0.5) is 0 Å². The molecule has 1 aliphatic heterocycles. The van der Waals surface area contributed by atoms with Crippen LogP contribution in [0, 0.1) is 20.8 Å². The number of hydrogen-bond donors (Lipinski definition) is 0. The van der Waals surface area contributed by atoms with Crippen LogP contribution in [-0.4, -0.2) is 49.9 Å². The Balaban J connectivity index is 1.43. The van der Waals surface area contributed by atoms with E-state index in [4.69, 9.17) is 23.7 Å². The second-order valence-corrected chi connectivity index (χ2v) is 8.40. The minimum atomic E-state index is -0.629. The number of rotatable bonds is 8. The van der Waals surface area contributed by atoms with Gasteiger partial charge in [0.15, 0.2) is 24.2 Å². The molecular weight excluding hydrogens is 450 g/mol. The maximum atomic E-state index is 12.9. The molecule has 3 aromatic rings. The molecule has 0 N–H and O–H groups in total. The van der Waals surface area contributed by atoms with Crippen molar-refractivity contribution in [1.82, 2.24) is 4.57 Å². The van der Waals surface area contributed by atoms with Gasteiger partial charge in [-0.2, -0.15) is 0 Å². The minimum absolute atomic E-state index is 0.193. The Morgan fingerprint density at radius 1 is 1.00 bits per heavy atom. The van der Waals surface area contributed by atoms with Crippen molar-refractivity contribution in [3.05, 3.63) is 70.5 Å². The maximum absolute atomic E-state index is 12.9. The second-order valence-electron chi connectivity index (χ2n) is 8.40. The van der Waals surface area contributed by atoms with Crippen LogP contribution in [0.2, 0.25) is 0 Å². The second kappa shape index (κ2) is 10.1. The van der Waals surface area contributed by atoms with Crippen LogP contribution < -0.4 is 18.9 Å². The highest BCUT2D eigenvalue weighted by Crippen LogP contribution is 2.32. The normalized spacial score (nSPS) is 14.4. The summed E-state index contributed by atoms with van der Waals surface area (Å²) in [6, 6.07) is 12.5. The third-order valence-corrected chi connectivity index (χ3v) is 6.15. The summed E-state index contributed by atoms with van der Waals surface area (Å²) in [6.45, 7) is 6.20. The van der Waals surface area contributed by atoms with Gasteiger partial charge >= 0.3 is 5.97 Å². The van der Waals surface area contributed by atoms with Crippen LogP contribution >= 0.6 is 0 Å². The Kier molecular flexibility index (Phi) is 7.00. The molecule has 0 saturated heterocycles. The molecule has 4 rings (SSSR count). The van der Waals surface area contributed by atoms with E-state index in [1.54, 1.807) is 18.2 Å². The average molecular weight is 480 g/mol. The number of fused-ring (bicyclic) bond motifs is 1. The van der Waals surface area contributed by atoms with Crippen molar-refractivity contribution in [3.8, 4) is 23.0 Å². The van der Waals surface area contributed by atoms with E-state index in [-0.39, 0.29) is 24.1 Å². The van der Waals surface area contributed by atoms with Gasteiger partial charge in [-0.3, -0.25) is 4.79 Å². The summed E-state index contributed by atoms with van der Waals surface area (Å²) in [6.07, 6.45) is -0.193. The molecule has 8 heteroatoms. The van der Waals surface area contributed by atoms with Crippen molar-refractivity contribution in [3.63, 3.8) is 0 Å². The summed E-state index contributed by atoms with van der Waals surface area (Å²) in [5.74, 6) is 1.53. The molecule has 1 atom stereocenters. The number of benzene rings is 2. The predicted octanol–water partition coefficient (Wildman–Crippen LogP) is 4.31. The topological polar surface area (TPSA) is 85.2 Å². The standard InChI is InChI=1S/C27H29NO7/c1-16-10-21(18(3)28(16)13-20-14-33-23-8-6-7-9-24(23)35-20)22(29)15-34-27(30)19-11-25(31-4)17(2)26(12-19)32-5/h6-12,20H,13-15H2,1-5H3. The molecule has 0 aliphatic carbocycles. The van der Waals surface area contributed by atoms with Gasteiger partial charge in [-0.05, 0) is 51.1 Å². The van der Waals surface area contributed by atoms with Crippen LogP contribution in [0.5, 0.6) is 23.0 Å². The van der Waals surface area contributed by atoms with Crippen molar-refractivity contribution in [2.75, 3.05) is 27.4 Å². The number of carbonyl (C=O) groups excluding carboxylic acids is 2. The van der Waals surface area contributed by atoms with E-state index in [0.29, 0.717) is 36.0 Å². The monoisotopic (exact) mass is 479 g/mol. The number of aromatic nitrogens is 1. The van der Waals surface area contributed by atoms with Gasteiger partial charge in [-0.1, -0.05) is 12.1 Å². The van der Waals surface area contributed by atoms with Crippen molar-refractivity contribution in [1.29, 1.82) is 0 Å². The van der Waals surface area contributed by atoms with Crippen LogP contribution in [0.25, 0.3) is 0 Å². The summed E-state index contributed by atoms with van der Waals surface area (Å²) in [5, 5.41) is 0. The van der Waals surface area contributed by atoms with Crippen molar-refractivity contribution < 1.29 is 33.3 Å². The number of methoxy groups -OCH3 is 2. The fraction of sp³-hybridized carbons (Fsp3) is 0.333. The van der Waals surface area contributed by atoms with E-state index < -0.39 is 5.97 Å². The largest absolute Gasteiger partial charge is 0.496 e. The highest BCUT2D eigenvalue weighted by atomic mass is 16.6. The van der Waals surface area contributed by atoms with Crippen molar-refractivity contribution in [2.24, 2.45) is 0 Å². The Bertz CT molecular complexity index is 1240. The van der Waals surface area contributed by atoms with Crippen molar-refractivity contribution in [2.45, 2.75) is 33.4 Å². The molecule has 35 heavy (non-hydrogen) atoms. The quantitative estimate of drug-likeness (QED) is 0.352. The molecule has 2 heterocycles. The molecule has 0 saturated carbocycles. The molecule has 1 aliphatic rings. The van der Waals surface area contributed by atoms with Gasteiger partial charge in [0.2, 0.25) is 5.78 Å². The summed E-state index contributed by atoms with van der Waals surface area (Å²) in [5.41, 5.74) is 3.21. The SMILES string of the molecule is COc1cc(C(=O)OCC(=O)c2cc(C)n(CC3COc4ccccc4O3)c2C)cc(OC)c1C. The van der Waals surface area contributed by atoms with Gasteiger partial charge < -0.3 is 28.3 Å². The van der Waals surface area contributed by atoms with E-state index in [1.807, 2.05) is 49.6 Å². The summed E-state index contributed by atoms with van der Waals surface area (Å²) < 4.78 is 29.8. The lowest BCUT2D eigenvalue weighted by Gasteiger charge is -2.27. The first-order valence-corrected chi connectivity index (χ1v) is 11.3. The fourth-order valence-corrected chi connectivity index (χ4v) is 4.22. The van der Waals surface area contributed by atoms with E-state index in [9.17, 15) is 9.59 Å². The van der Waals surface area contributed by atoms with Gasteiger partial charge in [0.05, 0.1) is 26.3 Å². The van der Waals surface area contributed by atoms with E-state index in [0.717, 1.165) is 22.7 Å². The van der Waals surface area contributed by atoms with E-state index in [2.05, 4.69) is 0 Å². The molecule has 0 amide bonds. The van der Waals surface area contributed by atoms with Crippen LogP contribution in [0.15, 0.2) is 42.5 Å². The number of ketones is 1. The van der Waals surface area contributed by atoms with Gasteiger partial charge in [0, 0.05) is 22.5 Å². The number of Topliss-reactive ketones (excluding diaryl/α,β-unsaturated/α-hetero) is 1. The first kappa shape index (κ1) is 24.2. The van der Waals surface area contributed by atoms with Gasteiger partial charge in [0.1, 0.15) is 18.1 Å². The third-order valence-electron chi connectivity index (χ3n) is 6.15. The maximum Gasteiger partial charge on any atom is 0.338 e. The first-order valence-electron chi connectivity index (χ1n) is 11.3. The summed E-state index contributed by atoms with van der Waals surface area (Å²) in [7, 11) is 3.03. The zero-order valence-corrected chi connectivity index (χ0v) is 20.5. The molecule has 184 valence electrons. The minimum Gasteiger partial charge on any atom is -0.496 e. The third kappa shape index (κ3) is 4.96. The van der Waals surface area contributed by atoms with Gasteiger partial charge in [0.25, 0.3) is 0 Å². The molecule has 0 fully saturated rings. The Hall–Kier alpha value is -3.94. The number of nitrogens with zero attached hydrogens (tertiary/aromatic N) is 1. The molecule has 0 bridgehead atoms. The predicted molar refractivity (Wildman–Crippen MR) is 129 cm³/mol. The number of carbonyl (C=O) groups is 2. The lowest BCUT2D eigenvalue weighted by molar-refractivity contribution is 0.0473. The molecule has 0 radical (unpaired) electrons. The number of esters is 1. The van der Waals surface area contributed by atoms with Crippen LogP contribution in [0.1, 0.15) is 37.7 Å². The molecule has 0 spiro atoms. The lowest BCUT2D eigenvalue weighted by Crippen LogP contribution is -2.33. The molecule has 2 aromatic carbocycles. The van der Waals surface area contributed by atoms with Crippen LogP contribution in [-0.2, 0) is 11.3 Å². The van der Waals surface area contributed by atoms with Gasteiger partial charge in [-0.15, -0.1) is 0 Å². The zero-order valence-electron chi connectivity index (χ0n) is 20.5. The summed E-state index contributed by atoms with van der Waals surface area (Å²) >= 11 is 0. The molecular formula is C27H29NO7. The highest BCUT2D eigenvalue weighted by molar-refractivity contribution is 6.00. The van der Waals surface area contributed by atoms with Crippen LogP contribution in [0.3, 0.4) is 0 Å².